The zero-order valence-electron chi connectivity index (χ0n) is 15.8. The van der Waals surface area contributed by atoms with Crippen molar-refractivity contribution in [1.29, 1.82) is 0 Å². The van der Waals surface area contributed by atoms with Gasteiger partial charge in [0, 0.05) is 28.8 Å². The Morgan fingerprint density at radius 2 is 1.75 bits per heavy atom. The van der Waals surface area contributed by atoms with Crippen LogP contribution in [0.5, 0.6) is 0 Å². The molecule has 0 aliphatic rings. The number of anilines is 1. The summed E-state index contributed by atoms with van der Waals surface area (Å²) in [5.74, 6) is -0.777. The largest absolute Gasteiger partial charge is 0.454 e. The smallest absolute Gasteiger partial charge is 0.331 e. The van der Waals surface area contributed by atoms with E-state index in [1.165, 1.54) is 12.2 Å². The Kier molecular flexibility index (Phi) is 7.96. The maximum absolute atomic E-state index is 12.1. The number of hydrogen-bond donors (Lipinski definition) is 1. The summed E-state index contributed by atoms with van der Waals surface area (Å²) in [6.45, 7) is 3.56. The molecule has 2 aromatic carbocycles. The third kappa shape index (κ3) is 7.00. The summed E-state index contributed by atoms with van der Waals surface area (Å²) in [5.41, 5.74) is 1.69. The lowest BCUT2D eigenvalue weighted by atomic mass is 10.1. The number of ether oxygens (including phenoxy) is 1. The van der Waals surface area contributed by atoms with Crippen LogP contribution in [0.1, 0.15) is 36.2 Å². The molecule has 0 spiro atoms. The monoisotopic (exact) mass is 399 g/mol. The van der Waals surface area contributed by atoms with Crippen LogP contribution in [0.4, 0.5) is 5.69 Å². The molecule has 0 fully saturated rings. The lowest BCUT2D eigenvalue weighted by Crippen LogP contribution is -2.14. The molecule has 0 saturated heterocycles. The molecule has 2 rings (SSSR count). The summed E-state index contributed by atoms with van der Waals surface area (Å²) in [5, 5.41) is 3.29. The first-order valence-electron chi connectivity index (χ1n) is 8.87. The van der Waals surface area contributed by atoms with E-state index in [2.05, 4.69) is 5.32 Å². The van der Waals surface area contributed by atoms with Gasteiger partial charge in [0.15, 0.2) is 12.4 Å². The summed E-state index contributed by atoms with van der Waals surface area (Å²) in [7, 11) is 0. The van der Waals surface area contributed by atoms with Crippen LogP contribution in [0, 0.1) is 5.92 Å². The molecular formula is C22H22ClNO4. The predicted molar refractivity (Wildman–Crippen MR) is 110 cm³/mol. The molecule has 1 N–H and O–H groups in total. The van der Waals surface area contributed by atoms with Gasteiger partial charge in [0.05, 0.1) is 0 Å². The van der Waals surface area contributed by atoms with E-state index in [4.69, 9.17) is 16.3 Å². The van der Waals surface area contributed by atoms with Crippen molar-refractivity contribution >= 4 is 41.0 Å². The van der Waals surface area contributed by atoms with Gasteiger partial charge in [-0.15, -0.1) is 0 Å². The summed E-state index contributed by atoms with van der Waals surface area (Å²) < 4.78 is 4.97. The highest BCUT2D eigenvalue weighted by molar-refractivity contribution is 6.32. The average Bonchev–Trinajstić information content (AvgIpc) is 2.65. The van der Waals surface area contributed by atoms with Gasteiger partial charge in [-0.2, -0.15) is 0 Å². The molecule has 0 unspecified atom stereocenters. The molecule has 0 aliphatic heterocycles. The number of amides is 1. The van der Waals surface area contributed by atoms with Crippen molar-refractivity contribution in [1.82, 2.24) is 0 Å². The highest BCUT2D eigenvalue weighted by Gasteiger charge is 2.10. The Labute approximate surface area is 169 Å². The van der Waals surface area contributed by atoms with Gasteiger partial charge in [-0.25, -0.2) is 4.79 Å². The Morgan fingerprint density at radius 3 is 2.39 bits per heavy atom. The molecule has 28 heavy (non-hydrogen) atoms. The minimum atomic E-state index is -0.633. The SMILES string of the molecule is CC(C)CC(=O)Nc1ccc(C(=O)COC(=O)/C=C/c2ccccc2Cl)cc1. The Bertz CT molecular complexity index is 872. The fourth-order valence-corrected chi connectivity index (χ4v) is 2.56. The number of ketones is 1. The molecule has 0 aromatic heterocycles. The molecular weight excluding hydrogens is 378 g/mol. The second-order valence-electron chi connectivity index (χ2n) is 6.61. The van der Waals surface area contributed by atoms with Crippen LogP contribution in [0.3, 0.4) is 0 Å². The minimum absolute atomic E-state index is 0.0756. The van der Waals surface area contributed by atoms with Crippen molar-refractivity contribution in [3.8, 4) is 0 Å². The van der Waals surface area contributed by atoms with Crippen LogP contribution in [-0.4, -0.2) is 24.3 Å². The van der Waals surface area contributed by atoms with Gasteiger partial charge in [-0.1, -0.05) is 43.6 Å². The fourth-order valence-electron chi connectivity index (χ4n) is 2.36. The van der Waals surface area contributed by atoms with Gasteiger partial charge in [0.2, 0.25) is 5.91 Å². The Hall–Kier alpha value is -2.92. The summed E-state index contributed by atoms with van der Waals surface area (Å²) >= 11 is 6.00. The molecule has 0 saturated carbocycles. The van der Waals surface area contributed by atoms with Crippen LogP contribution in [0.25, 0.3) is 6.08 Å². The van der Waals surface area contributed by atoms with Crippen molar-refractivity contribution in [3.05, 3.63) is 70.8 Å². The van der Waals surface area contributed by atoms with Gasteiger partial charge < -0.3 is 10.1 Å². The summed E-state index contributed by atoms with van der Waals surface area (Å²) in [6, 6.07) is 13.5. The normalized spacial score (nSPS) is 10.9. The Balaban J connectivity index is 1.85. The topological polar surface area (TPSA) is 72.5 Å². The van der Waals surface area contributed by atoms with Crippen LogP contribution < -0.4 is 5.32 Å². The van der Waals surface area contributed by atoms with Crippen molar-refractivity contribution < 1.29 is 19.1 Å². The number of benzene rings is 2. The highest BCUT2D eigenvalue weighted by atomic mass is 35.5. The van der Waals surface area contributed by atoms with E-state index in [1.54, 1.807) is 48.5 Å². The van der Waals surface area contributed by atoms with E-state index < -0.39 is 5.97 Å². The lowest BCUT2D eigenvalue weighted by Gasteiger charge is -2.08. The molecule has 2 aromatic rings. The van der Waals surface area contributed by atoms with E-state index in [1.807, 2.05) is 13.8 Å². The molecule has 146 valence electrons. The van der Waals surface area contributed by atoms with Gasteiger partial charge in [-0.05, 0) is 47.9 Å². The molecule has 6 heteroatoms. The van der Waals surface area contributed by atoms with Gasteiger partial charge in [0.1, 0.15) is 0 Å². The Morgan fingerprint density at radius 1 is 1.07 bits per heavy atom. The highest BCUT2D eigenvalue weighted by Crippen LogP contribution is 2.16. The molecule has 0 radical (unpaired) electrons. The number of rotatable bonds is 8. The molecule has 1 amide bonds. The van der Waals surface area contributed by atoms with Crippen molar-refractivity contribution in [3.63, 3.8) is 0 Å². The lowest BCUT2D eigenvalue weighted by molar-refractivity contribution is -0.136. The van der Waals surface area contributed by atoms with Crippen LogP contribution in [0.15, 0.2) is 54.6 Å². The average molecular weight is 400 g/mol. The van der Waals surface area contributed by atoms with E-state index >= 15 is 0 Å². The third-order valence-corrected chi connectivity index (χ3v) is 4.08. The number of Topliss-reactive ketones (excluding diaryl/α,β-unsaturated/α-hetero) is 1. The third-order valence-electron chi connectivity index (χ3n) is 3.73. The molecule has 5 nitrogen and oxygen atoms in total. The van der Waals surface area contributed by atoms with Gasteiger partial charge in [-0.3, -0.25) is 9.59 Å². The molecule has 0 atom stereocenters. The first kappa shape index (κ1) is 21.4. The van der Waals surface area contributed by atoms with Crippen molar-refractivity contribution in [2.75, 3.05) is 11.9 Å². The molecule has 0 bridgehead atoms. The maximum Gasteiger partial charge on any atom is 0.331 e. The fraction of sp³-hybridized carbons (Fsp3) is 0.227. The van der Waals surface area contributed by atoms with E-state index in [-0.39, 0.29) is 24.2 Å². The first-order chi connectivity index (χ1) is 13.3. The number of carbonyl (C=O) groups is 3. The quantitative estimate of drug-likeness (QED) is 0.394. The molecule has 0 heterocycles. The second-order valence-corrected chi connectivity index (χ2v) is 7.02. The maximum atomic E-state index is 12.1. The standard InChI is InChI=1S/C22H22ClNO4/c1-15(2)13-21(26)24-18-10-7-17(8-11-18)20(25)14-28-22(27)12-9-16-5-3-4-6-19(16)23/h3-12,15H,13-14H2,1-2H3,(H,24,26)/b12-9+. The number of carbonyl (C=O) groups excluding carboxylic acids is 3. The van der Waals surface area contributed by atoms with Crippen molar-refractivity contribution in [2.24, 2.45) is 5.92 Å². The molecule has 0 aliphatic carbocycles. The van der Waals surface area contributed by atoms with Gasteiger partial charge >= 0.3 is 5.97 Å². The van der Waals surface area contributed by atoms with Crippen LogP contribution >= 0.6 is 11.6 Å². The zero-order chi connectivity index (χ0) is 20.5. The van der Waals surface area contributed by atoms with Gasteiger partial charge in [0.25, 0.3) is 0 Å². The van der Waals surface area contributed by atoms with Crippen LogP contribution in [0.2, 0.25) is 5.02 Å². The number of halogens is 1. The van der Waals surface area contributed by atoms with Crippen LogP contribution in [-0.2, 0) is 14.3 Å². The summed E-state index contributed by atoms with van der Waals surface area (Å²) in [4.78, 5) is 35.7. The summed E-state index contributed by atoms with van der Waals surface area (Å²) in [6.07, 6.45) is 3.18. The number of hydrogen-bond acceptors (Lipinski definition) is 4. The minimum Gasteiger partial charge on any atom is -0.454 e. The zero-order valence-corrected chi connectivity index (χ0v) is 16.5. The number of nitrogens with one attached hydrogen (secondary N) is 1. The predicted octanol–water partition coefficient (Wildman–Crippen LogP) is 4.76. The second kappa shape index (κ2) is 10.4. The van der Waals surface area contributed by atoms with E-state index in [9.17, 15) is 14.4 Å². The van der Waals surface area contributed by atoms with E-state index in [0.717, 1.165) is 0 Å². The number of esters is 1. The van der Waals surface area contributed by atoms with E-state index in [0.29, 0.717) is 28.3 Å². The van der Waals surface area contributed by atoms with Crippen molar-refractivity contribution in [2.45, 2.75) is 20.3 Å². The first-order valence-corrected chi connectivity index (χ1v) is 9.25.